The van der Waals surface area contributed by atoms with Crippen LogP contribution < -0.4 is 14.5 Å². The number of hydrogen-bond acceptors (Lipinski definition) is 3. The number of likely N-dealkylation sites (N-methyl/N-ethyl adjacent to an activating group) is 1. The van der Waals surface area contributed by atoms with Crippen LogP contribution in [0.3, 0.4) is 0 Å². The number of nitrogens with zero attached hydrogens (tertiary/aromatic N) is 1. The van der Waals surface area contributed by atoms with Crippen LogP contribution in [0.1, 0.15) is 0 Å². The summed E-state index contributed by atoms with van der Waals surface area (Å²) in [5.41, 5.74) is 1.58. The van der Waals surface area contributed by atoms with Crippen LogP contribution in [0.5, 0.6) is 0 Å². The van der Waals surface area contributed by atoms with E-state index >= 15 is 0 Å². The minimum absolute atomic E-state index is 0.0371. The van der Waals surface area contributed by atoms with Gasteiger partial charge in [-0.05, 0) is 48.5 Å². The van der Waals surface area contributed by atoms with Gasteiger partial charge in [-0.2, -0.15) is 0 Å². The molecule has 2 aromatic rings. The molecule has 0 aromatic heterocycles. The molecule has 0 amide bonds. The van der Waals surface area contributed by atoms with Gasteiger partial charge in [-0.15, -0.1) is 0 Å². The summed E-state index contributed by atoms with van der Waals surface area (Å²) in [4.78, 5) is 3.86. The predicted molar refractivity (Wildman–Crippen MR) is 92.5 cm³/mol. The zero-order valence-corrected chi connectivity index (χ0v) is 14.3. The highest BCUT2D eigenvalue weighted by molar-refractivity contribution is 7.92. The molecule has 3 rings (SSSR count). The van der Waals surface area contributed by atoms with Crippen LogP contribution in [0.2, 0.25) is 0 Å². The average molecular weight is 350 g/mol. The first-order valence-electron chi connectivity index (χ1n) is 7.89. The molecule has 0 spiro atoms. The molecule has 2 aromatic carbocycles. The Morgan fingerprint density at radius 3 is 2.17 bits per heavy atom. The topological polar surface area (TPSA) is 53.9 Å². The summed E-state index contributed by atoms with van der Waals surface area (Å²) < 4.78 is 40.0. The van der Waals surface area contributed by atoms with Crippen molar-refractivity contribution in [2.45, 2.75) is 4.90 Å². The molecule has 0 atom stereocenters. The van der Waals surface area contributed by atoms with Gasteiger partial charge in [-0.25, -0.2) is 12.8 Å². The van der Waals surface area contributed by atoms with Crippen molar-refractivity contribution < 1.29 is 17.7 Å². The molecule has 0 bridgehead atoms. The van der Waals surface area contributed by atoms with Crippen molar-refractivity contribution in [3.05, 3.63) is 54.3 Å². The quantitative estimate of drug-likeness (QED) is 0.864. The average Bonchev–Trinajstić information content (AvgIpc) is 2.56. The van der Waals surface area contributed by atoms with Gasteiger partial charge in [0.2, 0.25) is 0 Å². The van der Waals surface area contributed by atoms with Gasteiger partial charge in [0.05, 0.1) is 38.1 Å². The van der Waals surface area contributed by atoms with Crippen molar-refractivity contribution in [2.24, 2.45) is 0 Å². The molecule has 1 saturated heterocycles. The number of quaternary nitrogens is 1. The van der Waals surface area contributed by atoms with Gasteiger partial charge in [0, 0.05) is 11.4 Å². The molecule has 7 heteroatoms. The van der Waals surface area contributed by atoms with E-state index in [2.05, 4.69) is 16.7 Å². The lowest BCUT2D eigenvalue weighted by molar-refractivity contribution is -0.880. The molecular weight excluding hydrogens is 329 g/mol. The number of hydrogen-bond donors (Lipinski definition) is 2. The van der Waals surface area contributed by atoms with Gasteiger partial charge >= 0.3 is 0 Å². The lowest BCUT2D eigenvalue weighted by atomic mass is 10.2. The Bertz CT molecular complexity index is 784. The first-order valence-corrected chi connectivity index (χ1v) is 9.37. The molecule has 128 valence electrons. The summed E-state index contributed by atoms with van der Waals surface area (Å²) in [6.45, 7) is 4.18. The van der Waals surface area contributed by atoms with Crippen LogP contribution >= 0.6 is 0 Å². The van der Waals surface area contributed by atoms with Crippen LogP contribution in [0, 0.1) is 5.82 Å². The third kappa shape index (κ3) is 3.85. The second-order valence-electron chi connectivity index (χ2n) is 6.05. The molecule has 1 heterocycles. The normalized spacial score (nSPS) is 16.2. The summed E-state index contributed by atoms with van der Waals surface area (Å²) in [7, 11) is -1.52. The van der Waals surface area contributed by atoms with Crippen LogP contribution in [-0.4, -0.2) is 41.6 Å². The lowest BCUT2D eigenvalue weighted by Gasteiger charge is -2.31. The smallest absolute Gasteiger partial charge is 0.261 e. The fourth-order valence-electron chi connectivity index (χ4n) is 2.71. The number of halogens is 1. The molecular formula is C17H21FN3O2S+. The Morgan fingerprint density at radius 1 is 1.00 bits per heavy atom. The van der Waals surface area contributed by atoms with Gasteiger partial charge in [-0.3, -0.25) is 4.72 Å². The summed E-state index contributed by atoms with van der Waals surface area (Å²) in [5.74, 6) is -0.465. The maximum absolute atomic E-state index is 12.9. The minimum Gasteiger partial charge on any atom is -0.360 e. The van der Waals surface area contributed by atoms with Crippen molar-refractivity contribution >= 4 is 21.4 Å². The molecule has 5 nitrogen and oxygen atoms in total. The number of piperazine rings is 1. The zero-order valence-electron chi connectivity index (χ0n) is 13.5. The molecule has 1 aliphatic rings. The highest BCUT2D eigenvalue weighted by atomic mass is 32.2. The van der Waals surface area contributed by atoms with Gasteiger partial charge in [0.15, 0.2) is 0 Å². The zero-order chi connectivity index (χ0) is 17.2. The van der Waals surface area contributed by atoms with Crippen molar-refractivity contribution in [3.63, 3.8) is 0 Å². The molecule has 0 saturated carbocycles. The second kappa shape index (κ2) is 6.78. The van der Waals surface area contributed by atoms with E-state index < -0.39 is 15.8 Å². The SMILES string of the molecule is C[NH+]1CCN(c2ccc(NS(=O)(=O)c3ccc(F)cc3)cc2)CC1. The fraction of sp³-hybridized carbons (Fsp3) is 0.294. The predicted octanol–water partition coefficient (Wildman–Crippen LogP) is 0.961. The van der Waals surface area contributed by atoms with Crippen molar-refractivity contribution in [1.82, 2.24) is 0 Å². The van der Waals surface area contributed by atoms with E-state index in [9.17, 15) is 12.8 Å². The van der Waals surface area contributed by atoms with Gasteiger partial charge in [0.1, 0.15) is 5.82 Å². The van der Waals surface area contributed by atoms with Crippen LogP contribution in [0.15, 0.2) is 53.4 Å². The monoisotopic (exact) mass is 350 g/mol. The Morgan fingerprint density at radius 2 is 1.58 bits per heavy atom. The molecule has 2 N–H and O–H groups in total. The molecule has 0 radical (unpaired) electrons. The standard InChI is InChI=1S/C17H20FN3O2S/c1-20-10-12-21(13-11-20)16-6-4-15(5-7-16)19-24(22,23)17-8-2-14(18)3-9-17/h2-9,19H,10-13H2,1H3/p+1. The van der Waals surface area contributed by atoms with Crippen LogP contribution in [0.25, 0.3) is 0 Å². The van der Waals surface area contributed by atoms with Gasteiger partial charge < -0.3 is 9.80 Å². The first kappa shape index (κ1) is 16.7. The van der Waals surface area contributed by atoms with Crippen molar-refractivity contribution in [3.8, 4) is 0 Å². The third-order valence-electron chi connectivity index (χ3n) is 4.23. The van der Waals surface area contributed by atoms with E-state index in [1.807, 2.05) is 12.1 Å². The van der Waals surface area contributed by atoms with E-state index in [1.54, 1.807) is 12.1 Å². The molecule has 24 heavy (non-hydrogen) atoms. The van der Waals surface area contributed by atoms with E-state index in [1.165, 1.54) is 17.0 Å². The summed E-state index contributed by atoms with van der Waals surface area (Å²) in [6, 6.07) is 12.1. The Kier molecular flexibility index (Phi) is 4.73. The Hall–Kier alpha value is -2.12. The highest BCUT2D eigenvalue weighted by Crippen LogP contribution is 2.21. The highest BCUT2D eigenvalue weighted by Gasteiger charge is 2.18. The van der Waals surface area contributed by atoms with E-state index in [4.69, 9.17) is 0 Å². The fourth-order valence-corrected chi connectivity index (χ4v) is 3.77. The molecule has 0 aliphatic carbocycles. The summed E-state index contributed by atoms with van der Waals surface area (Å²) in [6.07, 6.45) is 0. The Balaban J connectivity index is 1.70. The number of rotatable bonds is 4. The summed E-state index contributed by atoms with van der Waals surface area (Å²) >= 11 is 0. The van der Waals surface area contributed by atoms with E-state index in [0.29, 0.717) is 5.69 Å². The van der Waals surface area contributed by atoms with Gasteiger partial charge in [0.25, 0.3) is 10.0 Å². The van der Waals surface area contributed by atoms with E-state index in [0.717, 1.165) is 44.0 Å². The number of sulfonamides is 1. The molecule has 1 aliphatic heterocycles. The number of nitrogens with one attached hydrogen (secondary N) is 2. The largest absolute Gasteiger partial charge is 0.360 e. The number of benzene rings is 2. The summed E-state index contributed by atoms with van der Waals surface area (Å²) in [5, 5.41) is 0. The van der Waals surface area contributed by atoms with E-state index in [-0.39, 0.29) is 4.90 Å². The van der Waals surface area contributed by atoms with Crippen molar-refractivity contribution in [2.75, 3.05) is 42.8 Å². The number of anilines is 2. The van der Waals surface area contributed by atoms with Crippen LogP contribution in [-0.2, 0) is 10.0 Å². The van der Waals surface area contributed by atoms with Crippen molar-refractivity contribution in [1.29, 1.82) is 0 Å². The second-order valence-corrected chi connectivity index (χ2v) is 7.73. The van der Waals surface area contributed by atoms with Gasteiger partial charge in [-0.1, -0.05) is 0 Å². The Labute approximate surface area is 141 Å². The third-order valence-corrected chi connectivity index (χ3v) is 5.62. The van der Waals surface area contributed by atoms with Crippen LogP contribution in [0.4, 0.5) is 15.8 Å². The first-order chi connectivity index (χ1) is 11.4. The minimum atomic E-state index is -3.71. The lowest BCUT2D eigenvalue weighted by Crippen LogP contribution is -3.12. The maximum atomic E-state index is 12.9. The molecule has 1 fully saturated rings. The maximum Gasteiger partial charge on any atom is 0.261 e. The molecule has 0 unspecified atom stereocenters.